The summed E-state index contributed by atoms with van der Waals surface area (Å²) in [5.41, 5.74) is 2.39. The maximum atomic E-state index is 14.5. The molecule has 0 saturated carbocycles. The Morgan fingerprint density at radius 2 is 1.72 bits per heavy atom. The molecule has 8 nitrogen and oxygen atoms in total. The predicted molar refractivity (Wildman–Crippen MR) is 173 cm³/mol. The fraction of sp³-hybridized carbons (Fsp3) is 0.529. The molecule has 1 aliphatic heterocycles. The van der Waals surface area contributed by atoms with Gasteiger partial charge in [-0.05, 0) is 80.6 Å². The van der Waals surface area contributed by atoms with E-state index in [1.54, 1.807) is 37.8 Å². The number of allylic oxidation sites excluding steroid dienone is 1. The lowest BCUT2D eigenvalue weighted by molar-refractivity contribution is -0.426. The summed E-state index contributed by atoms with van der Waals surface area (Å²) in [4.78, 5) is 40.9. The van der Waals surface area contributed by atoms with Gasteiger partial charge in [-0.15, -0.1) is 0 Å². The molecule has 43 heavy (non-hydrogen) atoms. The molecule has 0 radical (unpaired) electrons. The first-order valence-corrected chi connectivity index (χ1v) is 18.1. The molecular weight excluding hydrogens is 560 g/mol. The van der Waals surface area contributed by atoms with Gasteiger partial charge in [0.2, 0.25) is 5.70 Å². The summed E-state index contributed by atoms with van der Waals surface area (Å²) < 4.78 is 12.2. The molecule has 2 aromatic rings. The topological polar surface area (TPSA) is 99.0 Å². The molecule has 0 spiro atoms. The number of ether oxygens (including phenoxy) is 1. The highest BCUT2D eigenvalue weighted by atomic mass is 28.4. The summed E-state index contributed by atoms with van der Waals surface area (Å²) in [6, 6.07) is 12.5. The highest BCUT2D eigenvalue weighted by molar-refractivity contribution is 6.74. The van der Waals surface area contributed by atoms with Crippen LogP contribution in [0.2, 0.25) is 18.1 Å². The van der Waals surface area contributed by atoms with Gasteiger partial charge in [-0.2, -0.15) is 0 Å². The number of nitro groups is 1. The van der Waals surface area contributed by atoms with E-state index >= 15 is 0 Å². The van der Waals surface area contributed by atoms with E-state index in [1.165, 1.54) is 17.7 Å². The molecule has 0 saturated heterocycles. The number of carbonyl (C=O) groups is 2. The van der Waals surface area contributed by atoms with Gasteiger partial charge in [0.1, 0.15) is 5.60 Å². The summed E-state index contributed by atoms with van der Waals surface area (Å²) in [7, 11) is -2.11. The first-order chi connectivity index (χ1) is 19.9. The fourth-order valence-electron chi connectivity index (χ4n) is 4.73. The van der Waals surface area contributed by atoms with Crippen LogP contribution in [-0.4, -0.2) is 48.3 Å². The van der Waals surface area contributed by atoms with Crippen LogP contribution >= 0.6 is 0 Å². The second-order valence-electron chi connectivity index (χ2n) is 13.9. The van der Waals surface area contributed by atoms with Crippen molar-refractivity contribution >= 4 is 26.3 Å². The molecule has 9 heteroatoms. The Morgan fingerprint density at radius 3 is 2.30 bits per heavy atom. The minimum absolute atomic E-state index is 0.00550. The molecule has 0 aromatic heterocycles. The monoisotopic (exact) mass is 608 g/mol. The van der Waals surface area contributed by atoms with Crippen LogP contribution in [0.25, 0.3) is 6.08 Å². The lowest BCUT2D eigenvalue weighted by Gasteiger charge is -2.41. The molecule has 0 aliphatic carbocycles. The number of unbranched alkanes of at least 4 members (excludes halogenated alkanes) is 1. The number of esters is 1. The number of hydrogen-bond acceptors (Lipinski definition) is 6. The van der Waals surface area contributed by atoms with Crippen LogP contribution in [0, 0.1) is 10.1 Å². The van der Waals surface area contributed by atoms with Crippen LogP contribution in [0.3, 0.4) is 0 Å². The second-order valence-corrected chi connectivity index (χ2v) is 18.7. The van der Waals surface area contributed by atoms with Crippen molar-refractivity contribution in [3.63, 3.8) is 0 Å². The zero-order chi connectivity index (χ0) is 32.2. The van der Waals surface area contributed by atoms with Crippen molar-refractivity contribution in [2.75, 3.05) is 6.61 Å². The number of fused-ring (bicyclic) bond motifs is 1. The average molecular weight is 609 g/mol. The van der Waals surface area contributed by atoms with Crippen LogP contribution in [0.15, 0.2) is 48.2 Å². The normalized spacial score (nSPS) is 16.1. The Balaban J connectivity index is 2.11. The predicted octanol–water partition coefficient (Wildman–Crippen LogP) is 8.04. The molecule has 1 amide bonds. The molecule has 2 aromatic carbocycles. The smallest absolute Gasteiger partial charge is 0.338 e. The van der Waals surface area contributed by atoms with E-state index in [1.807, 2.05) is 25.1 Å². The highest BCUT2D eigenvalue weighted by Gasteiger charge is 2.39. The Bertz CT molecular complexity index is 1370. The van der Waals surface area contributed by atoms with Gasteiger partial charge in [-0.3, -0.25) is 14.9 Å². The Labute approximate surface area is 257 Å². The molecule has 3 rings (SSSR count). The van der Waals surface area contributed by atoms with E-state index in [4.69, 9.17) is 9.16 Å². The maximum absolute atomic E-state index is 14.5. The standard InChI is InChI=1S/C34H48N2O6Si/c1-10-11-16-28(36(39)40)20-25-17-18-26(32(38)42-33(2,3)4)21-30(25)31(37)35-22-27-15-13-12-14-24(27)19-29(35)23-41-43(8,9)34(5,6)7/h12-15,17-18,20-21,29H,10-11,16,19,22-23H2,1-9H3/t29-/m0/s1. The largest absolute Gasteiger partial charge is 0.456 e. The summed E-state index contributed by atoms with van der Waals surface area (Å²) in [6.07, 6.45) is 3.84. The number of nitrogens with zero attached hydrogens (tertiary/aromatic N) is 2. The summed E-state index contributed by atoms with van der Waals surface area (Å²) in [6.45, 7) is 19.0. The second kappa shape index (κ2) is 13.6. The van der Waals surface area contributed by atoms with E-state index in [-0.39, 0.29) is 40.2 Å². The highest BCUT2D eigenvalue weighted by Crippen LogP contribution is 2.37. The maximum Gasteiger partial charge on any atom is 0.338 e. The van der Waals surface area contributed by atoms with Gasteiger partial charge in [0.05, 0.1) is 23.1 Å². The fourth-order valence-corrected chi connectivity index (χ4v) is 5.78. The minimum Gasteiger partial charge on any atom is -0.456 e. The third-order valence-electron chi connectivity index (χ3n) is 8.32. The molecule has 0 unspecified atom stereocenters. The van der Waals surface area contributed by atoms with E-state index < -0.39 is 24.8 Å². The molecular formula is C34H48N2O6Si. The summed E-state index contributed by atoms with van der Waals surface area (Å²) in [5.74, 6) is -0.854. The van der Waals surface area contributed by atoms with Crippen LogP contribution in [-0.2, 0) is 22.1 Å². The summed E-state index contributed by atoms with van der Waals surface area (Å²) >= 11 is 0. The van der Waals surface area contributed by atoms with Gasteiger partial charge >= 0.3 is 5.97 Å². The quantitative estimate of drug-likeness (QED) is 0.117. The van der Waals surface area contributed by atoms with E-state index in [2.05, 4.69) is 39.9 Å². The third-order valence-corrected chi connectivity index (χ3v) is 12.8. The van der Waals surface area contributed by atoms with Gasteiger partial charge in [0, 0.05) is 24.6 Å². The van der Waals surface area contributed by atoms with Crippen LogP contribution < -0.4 is 0 Å². The third kappa shape index (κ3) is 8.86. The van der Waals surface area contributed by atoms with Gasteiger partial charge in [0.15, 0.2) is 8.32 Å². The van der Waals surface area contributed by atoms with E-state index in [0.29, 0.717) is 31.6 Å². The first-order valence-electron chi connectivity index (χ1n) is 15.2. The lowest BCUT2D eigenvalue weighted by atomic mass is 9.92. The Morgan fingerprint density at radius 1 is 1.07 bits per heavy atom. The minimum atomic E-state index is -2.11. The molecule has 1 atom stereocenters. The van der Waals surface area contributed by atoms with Crippen LogP contribution in [0.1, 0.15) is 105 Å². The van der Waals surface area contributed by atoms with Crippen molar-refractivity contribution in [3.8, 4) is 0 Å². The van der Waals surface area contributed by atoms with Crippen molar-refractivity contribution < 1.29 is 23.7 Å². The number of carbonyl (C=O) groups excluding carboxylic acids is 2. The average Bonchev–Trinajstić information content (AvgIpc) is 2.91. The van der Waals surface area contributed by atoms with Crippen molar-refractivity contribution in [1.29, 1.82) is 0 Å². The Kier molecular flexibility index (Phi) is 10.8. The van der Waals surface area contributed by atoms with Gasteiger partial charge < -0.3 is 14.1 Å². The molecule has 0 bridgehead atoms. The Hall–Kier alpha value is -3.30. The van der Waals surface area contributed by atoms with Gasteiger partial charge in [-0.25, -0.2) is 4.79 Å². The number of rotatable bonds is 10. The van der Waals surface area contributed by atoms with Crippen LogP contribution in [0.4, 0.5) is 0 Å². The van der Waals surface area contributed by atoms with E-state index in [9.17, 15) is 19.7 Å². The zero-order valence-electron chi connectivity index (χ0n) is 27.3. The van der Waals surface area contributed by atoms with Crippen molar-refractivity contribution in [2.45, 2.75) is 110 Å². The molecule has 1 heterocycles. The van der Waals surface area contributed by atoms with Gasteiger partial charge in [-0.1, -0.05) is 64.4 Å². The zero-order valence-corrected chi connectivity index (χ0v) is 28.3. The first kappa shape index (κ1) is 34.2. The van der Waals surface area contributed by atoms with Gasteiger partial charge in [0.25, 0.3) is 5.91 Å². The van der Waals surface area contributed by atoms with Crippen molar-refractivity contribution in [3.05, 3.63) is 86.1 Å². The van der Waals surface area contributed by atoms with Crippen molar-refractivity contribution in [2.24, 2.45) is 0 Å². The van der Waals surface area contributed by atoms with E-state index in [0.717, 1.165) is 12.0 Å². The van der Waals surface area contributed by atoms with Crippen LogP contribution in [0.5, 0.6) is 0 Å². The van der Waals surface area contributed by atoms with Crippen molar-refractivity contribution in [1.82, 2.24) is 4.90 Å². The number of benzene rings is 2. The summed E-state index contributed by atoms with van der Waals surface area (Å²) in [5, 5.41) is 11.9. The molecule has 234 valence electrons. The molecule has 1 aliphatic rings. The number of amides is 1. The SMILES string of the molecule is CCCCC(=Cc1ccc(C(=O)OC(C)(C)C)cc1C(=O)N1Cc2ccccc2C[C@H]1CO[Si](C)(C)C(C)(C)C)[N+](=O)[O-]. The lowest BCUT2D eigenvalue weighted by Crippen LogP contribution is -2.50. The number of hydrogen-bond donors (Lipinski definition) is 0. The molecule has 0 N–H and O–H groups in total. The molecule has 0 fully saturated rings.